The maximum absolute atomic E-state index is 4.78. The number of nitrogens with zero attached hydrogens (tertiary/aromatic N) is 1. The summed E-state index contributed by atoms with van der Waals surface area (Å²) in [6.07, 6.45) is 6.58. The van der Waals surface area contributed by atoms with Crippen LogP contribution in [0.25, 0.3) is 0 Å². The van der Waals surface area contributed by atoms with Gasteiger partial charge in [0.15, 0.2) is 0 Å². The van der Waals surface area contributed by atoms with Crippen LogP contribution in [-0.4, -0.2) is 11.9 Å². The van der Waals surface area contributed by atoms with Crippen LogP contribution in [0.3, 0.4) is 0 Å². The van der Waals surface area contributed by atoms with Crippen molar-refractivity contribution >= 4 is 11.5 Å². The molecule has 0 unspecified atom stereocenters. The molecule has 0 atom stereocenters. The van der Waals surface area contributed by atoms with E-state index in [1.807, 2.05) is 0 Å². The second-order valence-corrected chi connectivity index (χ2v) is 4.95. The van der Waals surface area contributed by atoms with E-state index in [0.717, 1.165) is 5.84 Å². The van der Waals surface area contributed by atoms with Gasteiger partial charge in [0.25, 0.3) is 0 Å². The van der Waals surface area contributed by atoms with E-state index in [1.165, 1.54) is 43.4 Å². The second-order valence-electron chi connectivity index (χ2n) is 4.95. The summed E-state index contributed by atoms with van der Waals surface area (Å²) in [6, 6.07) is 8.89. The fourth-order valence-corrected chi connectivity index (χ4v) is 2.42. The molecular formula is C15H22N2. The zero-order chi connectivity index (χ0) is 12.1. The lowest BCUT2D eigenvalue weighted by atomic mass is 9.96. The van der Waals surface area contributed by atoms with Crippen molar-refractivity contribution in [1.29, 1.82) is 0 Å². The number of nitrogens with one attached hydrogen (secondary N) is 1. The minimum Gasteiger partial charge on any atom is -0.344 e. The number of amidine groups is 1. The molecule has 1 saturated carbocycles. The van der Waals surface area contributed by atoms with E-state index >= 15 is 0 Å². The van der Waals surface area contributed by atoms with E-state index in [1.54, 1.807) is 0 Å². The van der Waals surface area contributed by atoms with Gasteiger partial charge < -0.3 is 5.32 Å². The zero-order valence-corrected chi connectivity index (χ0v) is 10.9. The molecule has 0 bridgehead atoms. The molecule has 0 heterocycles. The van der Waals surface area contributed by atoms with Crippen molar-refractivity contribution in [2.24, 2.45) is 4.99 Å². The highest BCUT2D eigenvalue weighted by atomic mass is 15.0. The van der Waals surface area contributed by atoms with Crippen LogP contribution in [0.1, 0.15) is 44.6 Å². The molecule has 0 aliphatic heterocycles. The molecule has 2 heteroatoms. The summed E-state index contributed by atoms with van der Waals surface area (Å²) in [5, 5.41) is 3.41. The van der Waals surface area contributed by atoms with E-state index < -0.39 is 0 Å². The number of hydrogen-bond donors (Lipinski definition) is 1. The van der Waals surface area contributed by atoms with Gasteiger partial charge in [0, 0.05) is 5.69 Å². The summed E-state index contributed by atoms with van der Waals surface area (Å²) in [5.74, 6) is 1.05. The fraction of sp³-hybridized carbons (Fsp3) is 0.533. The summed E-state index contributed by atoms with van der Waals surface area (Å²) in [6.45, 7) is 4.19. The lowest BCUT2D eigenvalue weighted by Gasteiger charge is -2.19. The Bertz CT molecular complexity index is 390. The van der Waals surface area contributed by atoms with Crippen molar-refractivity contribution in [3.8, 4) is 0 Å². The van der Waals surface area contributed by atoms with Crippen LogP contribution in [0.15, 0.2) is 29.3 Å². The fourth-order valence-electron chi connectivity index (χ4n) is 2.42. The Morgan fingerprint density at radius 2 is 1.88 bits per heavy atom. The van der Waals surface area contributed by atoms with E-state index in [-0.39, 0.29) is 0 Å². The zero-order valence-electron chi connectivity index (χ0n) is 10.9. The Labute approximate surface area is 104 Å². The Kier molecular flexibility index (Phi) is 4.18. The van der Waals surface area contributed by atoms with Crippen molar-refractivity contribution < 1.29 is 0 Å². The van der Waals surface area contributed by atoms with Gasteiger partial charge in [-0.1, -0.05) is 37.5 Å². The third kappa shape index (κ3) is 3.58. The van der Waals surface area contributed by atoms with Gasteiger partial charge in [-0.15, -0.1) is 0 Å². The minimum absolute atomic E-state index is 0.542. The van der Waals surface area contributed by atoms with E-state index in [4.69, 9.17) is 4.99 Å². The Balaban J connectivity index is 1.98. The van der Waals surface area contributed by atoms with Gasteiger partial charge in [0.05, 0.1) is 11.9 Å². The van der Waals surface area contributed by atoms with Crippen molar-refractivity contribution in [2.45, 2.75) is 52.0 Å². The molecule has 1 aliphatic carbocycles. The first-order valence-electron chi connectivity index (χ1n) is 6.63. The molecule has 1 aromatic rings. The molecule has 1 N–H and O–H groups in total. The average Bonchev–Trinajstić information content (AvgIpc) is 2.33. The van der Waals surface area contributed by atoms with Gasteiger partial charge in [-0.3, -0.25) is 4.99 Å². The molecule has 17 heavy (non-hydrogen) atoms. The molecule has 2 rings (SSSR count). The first kappa shape index (κ1) is 12.2. The third-order valence-electron chi connectivity index (χ3n) is 3.41. The highest BCUT2D eigenvalue weighted by Crippen LogP contribution is 2.21. The predicted octanol–water partition coefficient (Wildman–Crippen LogP) is 4.16. The highest BCUT2D eigenvalue weighted by molar-refractivity contribution is 5.94. The van der Waals surface area contributed by atoms with Crippen LogP contribution >= 0.6 is 0 Å². The number of benzene rings is 1. The van der Waals surface area contributed by atoms with Crippen molar-refractivity contribution in [1.82, 2.24) is 0 Å². The maximum atomic E-state index is 4.78. The molecule has 0 spiro atoms. The van der Waals surface area contributed by atoms with Gasteiger partial charge in [0.2, 0.25) is 0 Å². The first-order valence-corrected chi connectivity index (χ1v) is 6.63. The summed E-state index contributed by atoms with van der Waals surface area (Å²) in [4.78, 5) is 4.78. The molecule has 1 aromatic carbocycles. The van der Waals surface area contributed by atoms with Crippen LogP contribution < -0.4 is 5.32 Å². The number of para-hydroxylation sites is 1. The van der Waals surface area contributed by atoms with Crippen LogP contribution in [0.2, 0.25) is 0 Å². The molecule has 1 fully saturated rings. The largest absolute Gasteiger partial charge is 0.344 e. The lowest BCUT2D eigenvalue weighted by molar-refractivity contribution is 0.443. The monoisotopic (exact) mass is 230 g/mol. The Morgan fingerprint density at radius 1 is 1.18 bits per heavy atom. The number of aryl methyl sites for hydroxylation is 1. The first-order chi connectivity index (χ1) is 8.25. The number of aliphatic imine (C=N–C) groups is 1. The molecule has 0 amide bonds. The lowest BCUT2D eigenvalue weighted by Crippen LogP contribution is -2.16. The molecular weight excluding hydrogens is 208 g/mol. The van der Waals surface area contributed by atoms with Crippen molar-refractivity contribution in [3.63, 3.8) is 0 Å². The third-order valence-corrected chi connectivity index (χ3v) is 3.41. The maximum Gasteiger partial charge on any atom is 0.0979 e. The van der Waals surface area contributed by atoms with Crippen molar-refractivity contribution in [2.75, 3.05) is 5.32 Å². The molecule has 2 nitrogen and oxygen atoms in total. The normalized spacial score (nSPS) is 18.1. The number of anilines is 1. The summed E-state index contributed by atoms with van der Waals surface area (Å²) < 4.78 is 0. The van der Waals surface area contributed by atoms with E-state index in [2.05, 4.69) is 43.4 Å². The van der Waals surface area contributed by atoms with E-state index in [0.29, 0.717) is 6.04 Å². The smallest absolute Gasteiger partial charge is 0.0979 e. The van der Waals surface area contributed by atoms with Crippen LogP contribution in [0.5, 0.6) is 0 Å². The minimum atomic E-state index is 0.542. The van der Waals surface area contributed by atoms with Gasteiger partial charge in [-0.25, -0.2) is 0 Å². The molecule has 0 aromatic heterocycles. The standard InChI is InChI=1S/C15H22N2/c1-12-8-6-7-11-15(12)17-13(2)16-14-9-4-3-5-10-14/h6-8,11,14H,3-5,9-10H2,1-2H3,(H,16,17). The molecule has 1 aliphatic rings. The SMILES string of the molecule is C/C(=N\C1CCCCC1)Nc1ccccc1C. The molecule has 0 saturated heterocycles. The van der Waals surface area contributed by atoms with E-state index in [9.17, 15) is 0 Å². The number of hydrogen-bond acceptors (Lipinski definition) is 1. The van der Waals surface area contributed by atoms with Gasteiger partial charge in [0.1, 0.15) is 0 Å². The van der Waals surface area contributed by atoms with Crippen LogP contribution in [0.4, 0.5) is 5.69 Å². The summed E-state index contributed by atoms with van der Waals surface area (Å²) in [5.41, 5.74) is 2.44. The average molecular weight is 230 g/mol. The molecule has 0 radical (unpaired) electrons. The number of rotatable bonds is 2. The summed E-state index contributed by atoms with van der Waals surface area (Å²) >= 11 is 0. The second kappa shape index (κ2) is 5.85. The molecule has 92 valence electrons. The Hall–Kier alpha value is -1.31. The van der Waals surface area contributed by atoms with Crippen LogP contribution in [-0.2, 0) is 0 Å². The van der Waals surface area contributed by atoms with Gasteiger partial charge >= 0.3 is 0 Å². The van der Waals surface area contributed by atoms with Gasteiger partial charge in [-0.05, 0) is 38.3 Å². The summed E-state index contributed by atoms with van der Waals surface area (Å²) in [7, 11) is 0. The highest BCUT2D eigenvalue weighted by Gasteiger charge is 2.12. The topological polar surface area (TPSA) is 24.4 Å². The van der Waals surface area contributed by atoms with Crippen molar-refractivity contribution in [3.05, 3.63) is 29.8 Å². The van der Waals surface area contributed by atoms with Crippen LogP contribution in [0, 0.1) is 6.92 Å². The Morgan fingerprint density at radius 3 is 2.59 bits per heavy atom. The predicted molar refractivity (Wildman–Crippen MR) is 74.8 cm³/mol. The quantitative estimate of drug-likeness (QED) is 0.599. The van der Waals surface area contributed by atoms with Gasteiger partial charge in [-0.2, -0.15) is 0 Å².